The van der Waals surface area contributed by atoms with Crippen LogP contribution in [0.5, 0.6) is 11.5 Å². The summed E-state index contributed by atoms with van der Waals surface area (Å²) in [5.41, 5.74) is 0.685. The largest absolute Gasteiger partial charge is 0.486 e. The van der Waals surface area contributed by atoms with E-state index in [4.69, 9.17) is 9.47 Å². The molecular weight excluding hydrogens is 394 g/mol. The highest BCUT2D eigenvalue weighted by atomic mass is 19.1. The lowest BCUT2D eigenvalue weighted by atomic mass is 9.88. The third-order valence-corrected chi connectivity index (χ3v) is 5.30. The number of hydrogen-bond acceptors (Lipinski definition) is 5. The van der Waals surface area contributed by atoms with Crippen molar-refractivity contribution in [3.8, 4) is 11.5 Å². The molecule has 30 heavy (non-hydrogen) atoms. The summed E-state index contributed by atoms with van der Waals surface area (Å²) in [6.07, 6.45) is 1.27. The summed E-state index contributed by atoms with van der Waals surface area (Å²) < 4.78 is 37.5. The minimum atomic E-state index is -0.747. The molecule has 2 aromatic rings. The van der Waals surface area contributed by atoms with E-state index in [2.05, 4.69) is 5.32 Å². The Bertz CT molecular complexity index is 938. The predicted molar refractivity (Wildman–Crippen MR) is 106 cm³/mol. The Balaban J connectivity index is 1.29. The van der Waals surface area contributed by atoms with Gasteiger partial charge >= 0.3 is 0 Å². The lowest BCUT2D eigenvalue weighted by Crippen LogP contribution is -2.40. The Kier molecular flexibility index (Phi) is 5.94. The van der Waals surface area contributed by atoms with Crippen molar-refractivity contribution in [2.24, 2.45) is 5.92 Å². The van der Waals surface area contributed by atoms with Gasteiger partial charge in [0.1, 0.15) is 24.8 Å². The van der Waals surface area contributed by atoms with Gasteiger partial charge in [-0.1, -0.05) is 0 Å². The number of amides is 1. The van der Waals surface area contributed by atoms with Crippen LogP contribution < -0.4 is 14.8 Å². The maximum absolute atomic E-state index is 13.2. The Morgan fingerprint density at radius 3 is 2.33 bits per heavy atom. The molecule has 6 nitrogen and oxygen atoms in total. The number of likely N-dealkylation sites (tertiary alicyclic amines) is 1. The van der Waals surface area contributed by atoms with Gasteiger partial charge in [-0.25, -0.2) is 8.78 Å². The van der Waals surface area contributed by atoms with Crippen molar-refractivity contribution in [2.45, 2.75) is 12.8 Å². The number of benzene rings is 2. The number of hydrogen-bond donors (Lipinski definition) is 1. The SMILES string of the molecule is O=C(CN1CCC(C(=O)c2ccc3c(c2)OCCO3)CC1)Nc1cc(F)cc(F)c1. The molecule has 1 N–H and O–H groups in total. The molecule has 2 aliphatic heterocycles. The highest BCUT2D eigenvalue weighted by Crippen LogP contribution is 2.32. The van der Waals surface area contributed by atoms with Gasteiger partial charge in [-0.05, 0) is 56.3 Å². The van der Waals surface area contributed by atoms with Crippen molar-refractivity contribution in [1.29, 1.82) is 0 Å². The summed E-state index contributed by atoms with van der Waals surface area (Å²) >= 11 is 0. The average Bonchev–Trinajstić information content (AvgIpc) is 2.72. The fourth-order valence-electron chi connectivity index (χ4n) is 3.82. The van der Waals surface area contributed by atoms with E-state index in [0.717, 1.165) is 18.2 Å². The molecule has 0 atom stereocenters. The molecule has 2 aliphatic rings. The van der Waals surface area contributed by atoms with Crippen LogP contribution in [0.15, 0.2) is 36.4 Å². The van der Waals surface area contributed by atoms with Gasteiger partial charge in [-0.15, -0.1) is 0 Å². The first kappa shape index (κ1) is 20.3. The van der Waals surface area contributed by atoms with Crippen molar-refractivity contribution in [2.75, 3.05) is 38.2 Å². The number of fused-ring (bicyclic) bond motifs is 1. The predicted octanol–water partition coefficient (Wildman–Crippen LogP) is 3.27. The van der Waals surface area contributed by atoms with Crippen LogP contribution in [0.4, 0.5) is 14.5 Å². The number of carbonyl (C=O) groups excluding carboxylic acids is 2. The van der Waals surface area contributed by atoms with Gasteiger partial charge in [-0.2, -0.15) is 0 Å². The molecule has 0 radical (unpaired) electrons. The number of Topliss-reactive ketones (excluding diaryl/α,β-unsaturated/α-hetero) is 1. The zero-order valence-electron chi connectivity index (χ0n) is 16.3. The molecule has 1 fully saturated rings. The molecule has 0 aliphatic carbocycles. The van der Waals surface area contributed by atoms with Crippen LogP contribution in [0, 0.1) is 17.6 Å². The van der Waals surface area contributed by atoms with Crippen LogP contribution in [0.25, 0.3) is 0 Å². The van der Waals surface area contributed by atoms with E-state index in [1.54, 1.807) is 18.2 Å². The first-order valence-corrected chi connectivity index (χ1v) is 9.90. The second-order valence-corrected chi connectivity index (χ2v) is 7.48. The standard InChI is InChI=1S/C22H22F2N2O4/c23-16-10-17(24)12-18(11-16)25-21(27)13-26-5-3-14(4-6-26)22(28)15-1-2-19-20(9-15)30-8-7-29-19/h1-2,9-12,14H,3-8,13H2,(H,25,27). The number of rotatable bonds is 5. The van der Waals surface area contributed by atoms with Gasteiger partial charge in [0, 0.05) is 23.2 Å². The fraction of sp³-hybridized carbons (Fsp3) is 0.364. The molecule has 0 saturated carbocycles. The van der Waals surface area contributed by atoms with Crippen LogP contribution in [-0.2, 0) is 4.79 Å². The van der Waals surface area contributed by atoms with Gasteiger partial charge in [-0.3, -0.25) is 14.5 Å². The van der Waals surface area contributed by atoms with Crippen molar-refractivity contribution < 1.29 is 27.8 Å². The number of halogens is 2. The van der Waals surface area contributed by atoms with Gasteiger partial charge in [0.25, 0.3) is 0 Å². The normalized spacial score (nSPS) is 16.9. The second-order valence-electron chi connectivity index (χ2n) is 7.48. The lowest BCUT2D eigenvalue weighted by Gasteiger charge is -2.30. The van der Waals surface area contributed by atoms with Crippen LogP contribution in [-0.4, -0.2) is 49.4 Å². The molecule has 2 heterocycles. The number of ketones is 1. The molecule has 1 amide bonds. The zero-order valence-corrected chi connectivity index (χ0v) is 16.3. The molecule has 1 saturated heterocycles. The molecule has 0 bridgehead atoms. The Morgan fingerprint density at radius 1 is 0.967 bits per heavy atom. The van der Waals surface area contributed by atoms with Crippen LogP contribution in [0.2, 0.25) is 0 Å². The summed E-state index contributed by atoms with van der Waals surface area (Å²) in [6.45, 7) is 2.24. The summed E-state index contributed by atoms with van der Waals surface area (Å²) in [5, 5.41) is 2.51. The summed E-state index contributed by atoms with van der Waals surface area (Å²) in [5.74, 6) is -0.661. The highest BCUT2D eigenvalue weighted by molar-refractivity contribution is 5.98. The number of piperidine rings is 1. The summed E-state index contributed by atoms with van der Waals surface area (Å²) in [7, 11) is 0. The molecule has 8 heteroatoms. The Morgan fingerprint density at radius 2 is 1.63 bits per heavy atom. The van der Waals surface area contributed by atoms with E-state index in [9.17, 15) is 18.4 Å². The molecule has 0 unspecified atom stereocenters. The minimum absolute atomic E-state index is 0.0614. The molecule has 4 rings (SSSR count). The lowest BCUT2D eigenvalue weighted by molar-refractivity contribution is -0.117. The maximum Gasteiger partial charge on any atom is 0.238 e. The van der Waals surface area contributed by atoms with Crippen LogP contribution >= 0.6 is 0 Å². The minimum Gasteiger partial charge on any atom is -0.486 e. The average molecular weight is 416 g/mol. The Labute approximate surface area is 172 Å². The van der Waals surface area contributed by atoms with Crippen LogP contribution in [0.1, 0.15) is 23.2 Å². The third kappa shape index (κ3) is 4.76. The number of anilines is 1. The van der Waals surface area contributed by atoms with Crippen molar-refractivity contribution in [3.63, 3.8) is 0 Å². The number of nitrogens with zero attached hydrogens (tertiary/aromatic N) is 1. The maximum atomic E-state index is 13.2. The smallest absolute Gasteiger partial charge is 0.238 e. The zero-order chi connectivity index (χ0) is 21.1. The number of nitrogens with one attached hydrogen (secondary N) is 1. The molecule has 0 spiro atoms. The molecule has 2 aromatic carbocycles. The molecular formula is C22H22F2N2O4. The number of ether oxygens (including phenoxy) is 2. The highest BCUT2D eigenvalue weighted by Gasteiger charge is 2.27. The first-order chi connectivity index (χ1) is 14.5. The van der Waals surface area contributed by atoms with E-state index in [1.165, 1.54) is 0 Å². The van der Waals surface area contributed by atoms with Crippen molar-refractivity contribution >= 4 is 17.4 Å². The van der Waals surface area contributed by atoms with Crippen molar-refractivity contribution in [1.82, 2.24) is 4.90 Å². The second kappa shape index (κ2) is 8.79. The van der Waals surface area contributed by atoms with E-state index in [1.807, 2.05) is 4.90 Å². The molecule has 0 aromatic heterocycles. The Hall–Kier alpha value is -3.00. The van der Waals surface area contributed by atoms with E-state index in [-0.39, 0.29) is 29.8 Å². The van der Waals surface area contributed by atoms with Crippen molar-refractivity contribution in [3.05, 3.63) is 53.6 Å². The van der Waals surface area contributed by atoms with Gasteiger partial charge < -0.3 is 14.8 Å². The monoisotopic (exact) mass is 416 g/mol. The quantitative estimate of drug-likeness (QED) is 0.758. The molecule has 158 valence electrons. The van der Waals surface area contributed by atoms with Gasteiger partial charge in [0.15, 0.2) is 17.3 Å². The van der Waals surface area contributed by atoms with E-state index in [0.29, 0.717) is 56.2 Å². The van der Waals surface area contributed by atoms with Crippen LogP contribution in [0.3, 0.4) is 0 Å². The summed E-state index contributed by atoms with van der Waals surface area (Å²) in [4.78, 5) is 27.0. The first-order valence-electron chi connectivity index (χ1n) is 9.90. The van der Waals surface area contributed by atoms with E-state index < -0.39 is 11.6 Å². The number of carbonyl (C=O) groups is 2. The third-order valence-electron chi connectivity index (χ3n) is 5.30. The van der Waals surface area contributed by atoms with Gasteiger partial charge in [0.2, 0.25) is 5.91 Å². The fourth-order valence-corrected chi connectivity index (χ4v) is 3.82. The topological polar surface area (TPSA) is 67.9 Å². The van der Waals surface area contributed by atoms with Gasteiger partial charge in [0.05, 0.1) is 6.54 Å². The summed E-state index contributed by atoms with van der Waals surface area (Å²) in [6, 6.07) is 8.14. The van der Waals surface area contributed by atoms with E-state index >= 15 is 0 Å².